The second kappa shape index (κ2) is 10.2. The zero-order valence-electron chi connectivity index (χ0n) is 11.7. The molecule has 0 spiro atoms. The number of halogens is 2. The molecule has 1 nitrogen and oxygen atoms in total. The van der Waals surface area contributed by atoms with Crippen molar-refractivity contribution in [1.29, 1.82) is 0 Å². The van der Waals surface area contributed by atoms with E-state index in [2.05, 4.69) is 22.9 Å². The van der Waals surface area contributed by atoms with Crippen molar-refractivity contribution >= 4 is 15.9 Å². The molecule has 2 atom stereocenters. The van der Waals surface area contributed by atoms with Gasteiger partial charge in [0.05, 0.1) is 6.61 Å². The summed E-state index contributed by atoms with van der Waals surface area (Å²) in [7, 11) is 0. The van der Waals surface area contributed by atoms with E-state index in [1.807, 2.05) is 30.3 Å². The highest BCUT2D eigenvalue weighted by Crippen LogP contribution is 2.20. The summed E-state index contributed by atoms with van der Waals surface area (Å²) in [4.78, 5) is -0.0382. The summed E-state index contributed by atoms with van der Waals surface area (Å²) in [6, 6.07) is 9.56. The first-order chi connectivity index (χ1) is 9.24. The quantitative estimate of drug-likeness (QED) is 0.405. The van der Waals surface area contributed by atoms with Crippen molar-refractivity contribution in [2.75, 3.05) is 6.61 Å². The minimum Gasteiger partial charge on any atom is -0.493 e. The number of unbranched alkanes of at least 4 members (excludes halogenated alkanes) is 3. The standard InChI is InChI=1S/C16H24BrFO/c1-2-3-4-8-11-15(17)16(18)12-13-19-14-9-6-5-7-10-14/h5-7,9-10,15-16H,2-4,8,11-13H2,1H3. The monoisotopic (exact) mass is 330 g/mol. The summed E-state index contributed by atoms with van der Waals surface area (Å²) < 4.78 is 19.4. The molecule has 1 aromatic rings. The van der Waals surface area contributed by atoms with Gasteiger partial charge in [-0.05, 0) is 18.6 Å². The van der Waals surface area contributed by atoms with Crippen LogP contribution in [0.4, 0.5) is 4.39 Å². The van der Waals surface area contributed by atoms with Crippen LogP contribution in [0, 0.1) is 0 Å². The Kier molecular flexibility index (Phi) is 8.89. The molecule has 0 amide bonds. The van der Waals surface area contributed by atoms with Crippen LogP contribution in [0.1, 0.15) is 45.4 Å². The predicted octanol–water partition coefficient (Wildman–Crippen LogP) is 5.53. The lowest BCUT2D eigenvalue weighted by molar-refractivity contribution is 0.228. The molecule has 0 radical (unpaired) electrons. The molecular formula is C16H24BrFO. The summed E-state index contributed by atoms with van der Waals surface area (Å²) in [5, 5.41) is 0. The van der Waals surface area contributed by atoms with Gasteiger partial charge in [-0.1, -0.05) is 66.7 Å². The van der Waals surface area contributed by atoms with Crippen LogP contribution in [-0.4, -0.2) is 17.6 Å². The molecule has 0 saturated carbocycles. The topological polar surface area (TPSA) is 9.23 Å². The molecule has 0 aliphatic carbocycles. The van der Waals surface area contributed by atoms with Crippen molar-refractivity contribution in [2.24, 2.45) is 0 Å². The number of hydrogen-bond acceptors (Lipinski definition) is 1. The molecular weight excluding hydrogens is 307 g/mol. The molecule has 0 aliphatic rings. The van der Waals surface area contributed by atoms with Gasteiger partial charge in [0.2, 0.25) is 0 Å². The van der Waals surface area contributed by atoms with E-state index in [0.29, 0.717) is 13.0 Å². The smallest absolute Gasteiger partial charge is 0.119 e. The molecule has 0 fully saturated rings. The maximum absolute atomic E-state index is 13.9. The highest BCUT2D eigenvalue weighted by Gasteiger charge is 2.17. The van der Waals surface area contributed by atoms with Crippen molar-refractivity contribution in [3.8, 4) is 5.75 Å². The summed E-state index contributed by atoms with van der Waals surface area (Å²) in [5.74, 6) is 0.809. The normalized spacial score (nSPS) is 14.1. The Morgan fingerprint density at radius 2 is 1.84 bits per heavy atom. The molecule has 2 unspecified atom stereocenters. The van der Waals surface area contributed by atoms with E-state index in [9.17, 15) is 4.39 Å². The van der Waals surface area contributed by atoms with Crippen LogP contribution in [0.5, 0.6) is 5.75 Å². The number of alkyl halides is 2. The minimum atomic E-state index is -0.828. The first-order valence-corrected chi connectivity index (χ1v) is 8.11. The van der Waals surface area contributed by atoms with Crippen molar-refractivity contribution in [3.63, 3.8) is 0 Å². The van der Waals surface area contributed by atoms with Crippen LogP contribution in [0.2, 0.25) is 0 Å². The number of benzene rings is 1. The molecule has 19 heavy (non-hydrogen) atoms. The SMILES string of the molecule is CCCCCCC(Br)C(F)CCOc1ccccc1. The van der Waals surface area contributed by atoms with Crippen molar-refractivity contribution in [3.05, 3.63) is 30.3 Å². The third-order valence-electron chi connectivity index (χ3n) is 3.13. The van der Waals surface area contributed by atoms with Gasteiger partial charge in [-0.2, -0.15) is 0 Å². The molecule has 1 rings (SSSR count). The summed E-state index contributed by atoms with van der Waals surface area (Å²) in [6.07, 6.45) is 5.29. The molecule has 108 valence electrons. The van der Waals surface area contributed by atoms with Gasteiger partial charge >= 0.3 is 0 Å². The van der Waals surface area contributed by atoms with Crippen LogP contribution in [0.3, 0.4) is 0 Å². The maximum atomic E-state index is 13.9. The van der Waals surface area contributed by atoms with Crippen LogP contribution in [-0.2, 0) is 0 Å². The Labute approximate surface area is 124 Å². The van der Waals surface area contributed by atoms with Gasteiger partial charge in [-0.25, -0.2) is 4.39 Å². The Morgan fingerprint density at radius 1 is 1.11 bits per heavy atom. The number of para-hydroxylation sites is 1. The zero-order valence-corrected chi connectivity index (χ0v) is 13.2. The molecule has 0 saturated heterocycles. The van der Waals surface area contributed by atoms with Crippen LogP contribution in [0.15, 0.2) is 30.3 Å². The summed E-state index contributed by atoms with van der Waals surface area (Å²) in [6.45, 7) is 2.62. The lowest BCUT2D eigenvalue weighted by Crippen LogP contribution is -2.18. The Balaban J connectivity index is 2.11. The number of hydrogen-bond donors (Lipinski definition) is 0. The van der Waals surface area contributed by atoms with E-state index in [4.69, 9.17) is 4.74 Å². The molecule has 0 bridgehead atoms. The lowest BCUT2D eigenvalue weighted by Gasteiger charge is -2.15. The second-order valence-electron chi connectivity index (χ2n) is 4.83. The van der Waals surface area contributed by atoms with Crippen molar-refractivity contribution < 1.29 is 9.13 Å². The Morgan fingerprint density at radius 3 is 2.53 bits per heavy atom. The molecule has 0 aromatic heterocycles. The van der Waals surface area contributed by atoms with Gasteiger partial charge in [0.15, 0.2) is 0 Å². The largest absolute Gasteiger partial charge is 0.493 e. The fourth-order valence-electron chi connectivity index (χ4n) is 1.93. The summed E-state index contributed by atoms with van der Waals surface area (Å²) in [5.41, 5.74) is 0. The first-order valence-electron chi connectivity index (χ1n) is 7.20. The van der Waals surface area contributed by atoms with E-state index < -0.39 is 6.17 Å². The van der Waals surface area contributed by atoms with Gasteiger partial charge in [0, 0.05) is 11.2 Å². The Hall–Kier alpha value is -0.570. The van der Waals surface area contributed by atoms with Crippen LogP contribution >= 0.6 is 15.9 Å². The average Bonchev–Trinajstić information content (AvgIpc) is 2.44. The minimum absolute atomic E-state index is 0.0382. The lowest BCUT2D eigenvalue weighted by atomic mass is 10.1. The molecule has 1 aromatic carbocycles. The van der Waals surface area contributed by atoms with Crippen LogP contribution in [0.25, 0.3) is 0 Å². The fourth-order valence-corrected chi connectivity index (χ4v) is 2.52. The molecule has 0 N–H and O–H groups in total. The van der Waals surface area contributed by atoms with Gasteiger partial charge in [0.25, 0.3) is 0 Å². The number of rotatable bonds is 10. The first kappa shape index (κ1) is 16.5. The molecule has 0 aliphatic heterocycles. The van der Waals surface area contributed by atoms with Gasteiger partial charge in [0.1, 0.15) is 11.9 Å². The maximum Gasteiger partial charge on any atom is 0.119 e. The highest BCUT2D eigenvalue weighted by molar-refractivity contribution is 9.09. The zero-order chi connectivity index (χ0) is 13.9. The Bertz CT molecular complexity index is 318. The second-order valence-corrected chi connectivity index (χ2v) is 6.01. The van der Waals surface area contributed by atoms with E-state index in [1.54, 1.807) is 0 Å². The molecule has 3 heteroatoms. The van der Waals surface area contributed by atoms with E-state index in [-0.39, 0.29) is 4.83 Å². The van der Waals surface area contributed by atoms with Crippen molar-refractivity contribution in [2.45, 2.75) is 56.4 Å². The predicted molar refractivity (Wildman–Crippen MR) is 82.9 cm³/mol. The van der Waals surface area contributed by atoms with E-state index in [1.165, 1.54) is 19.3 Å². The van der Waals surface area contributed by atoms with Gasteiger partial charge in [-0.3, -0.25) is 0 Å². The fraction of sp³-hybridized carbons (Fsp3) is 0.625. The van der Waals surface area contributed by atoms with Gasteiger partial charge < -0.3 is 4.74 Å². The highest BCUT2D eigenvalue weighted by atomic mass is 79.9. The van der Waals surface area contributed by atoms with Crippen LogP contribution < -0.4 is 4.74 Å². The third kappa shape index (κ3) is 7.56. The molecule has 0 heterocycles. The average molecular weight is 331 g/mol. The number of ether oxygens (including phenoxy) is 1. The van der Waals surface area contributed by atoms with E-state index >= 15 is 0 Å². The third-order valence-corrected chi connectivity index (χ3v) is 4.16. The van der Waals surface area contributed by atoms with Gasteiger partial charge in [-0.15, -0.1) is 0 Å². The van der Waals surface area contributed by atoms with E-state index in [0.717, 1.165) is 18.6 Å². The summed E-state index contributed by atoms with van der Waals surface area (Å²) >= 11 is 3.45. The van der Waals surface area contributed by atoms with Crippen molar-refractivity contribution in [1.82, 2.24) is 0 Å².